The maximum atomic E-state index is 6.23. The van der Waals surface area contributed by atoms with Crippen molar-refractivity contribution in [2.45, 2.75) is 32.8 Å². The quantitative estimate of drug-likeness (QED) is 0.490. The predicted octanol–water partition coefficient (Wildman–Crippen LogP) is 5.56. The van der Waals surface area contributed by atoms with E-state index in [1.165, 1.54) is 11.3 Å². The summed E-state index contributed by atoms with van der Waals surface area (Å²) in [6, 6.07) is 3.55. The van der Waals surface area contributed by atoms with Crippen molar-refractivity contribution in [1.29, 1.82) is 0 Å². The average Bonchev–Trinajstić information content (AvgIpc) is 3.42. The highest BCUT2D eigenvalue weighted by Crippen LogP contribution is 2.29. The number of aromatic nitrogens is 2. The van der Waals surface area contributed by atoms with Crippen LogP contribution >= 0.6 is 22.9 Å². The minimum Gasteiger partial charge on any atom is -0.471 e. The fraction of sp³-hybridized carbons (Fsp3) is 0.364. The van der Waals surface area contributed by atoms with Crippen LogP contribution in [0, 0.1) is 5.92 Å². The lowest BCUT2D eigenvalue weighted by molar-refractivity contribution is 0.138. The normalized spacial score (nSPS) is 18.3. The number of anilines is 2. The lowest BCUT2D eigenvalue weighted by Crippen LogP contribution is -2.16. The van der Waals surface area contributed by atoms with E-state index in [2.05, 4.69) is 35.7 Å². The third-order valence-corrected chi connectivity index (χ3v) is 5.92. The second-order valence-corrected chi connectivity index (χ2v) is 8.32. The molecule has 2 aromatic heterocycles. The van der Waals surface area contributed by atoms with Crippen LogP contribution in [0.4, 0.5) is 10.9 Å². The molecule has 0 aromatic carbocycles. The van der Waals surface area contributed by atoms with Gasteiger partial charge >= 0.3 is 0 Å². The molecule has 0 saturated carbocycles. The number of hydrogen-bond acceptors (Lipinski definition) is 7. The highest BCUT2D eigenvalue weighted by molar-refractivity contribution is 7.13. The molecule has 0 radical (unpaired) electrons. The zero-order valence-electron chi connectivity index (χ0n) is 17.2. The van der Waals surface area contributed by atoms with Gasteiger partial charge in [-0.3, -0.25) is 0 Å². The number of hydrogen-bond donors (Lipinski definition) is 2. The molecule has 1 aliphatic rings. The van der Waals surface area contributed by atoms with E-state index in [9.17, 15) is 0 Å². The van der Waals surface area contributed by atoms with E-state index in [1.54, 1.807) is 18.2 Å². The standard InChI is InChI=1S/C22H27ClN4O2S/c1-4-14(3)18(24)8-6-15(5-2)19-13-30-22(25-19)27-20-9-7-17(23)21(26-20)29-16-10-11-28-12-16/h5-9,13-14,16H,2,4,10-12,24H2,1,3H3,(H,25,26,27)/b15-6+,18-8+. The lowest BCUT2D eigenvalue weighted by atomic mass is 10.0. The maximum Gasteiger partial charge on any atom is 0.234 e. The minimum atomic E-state index is -0.0204. The first kappa shape index (κ1) is 22.3. The molecule has 2 unspecified atom stereocenters. The van der Waals surface area contributed by atoms with Crippen LogP contribution in [0.15, 0.2) is 48.0 Å². The Hall–Kier alpha value is -2.35. The molecule has 3 rings (SSSR count). The summed E-state index contributed by atoms with van der Waals surface area (Å²) in [5.74, 6) is 1.34. The summed E-state index contributed by atoms with van der Waals surface area (Å²) in [5, 5.41) is 6.35. The number of rotatable bonds is 9. The van der Waals surface area contributed by atoms with Crippen LogP contribution in [-0.4, -0.2) is 29.3 Å². The molecule has 0 amide bonds. The third kappa shape index (κ3) is 5.84. The molecule has 6 nitrogen and oxygen atoms in total. The van der Waals surface area contributed by atoms with Crippen LogP contribution in [-0.2, 0) is 4.74 Å². The van der Waals surface area contributed by atoms with E-state index in [-0.39, 0.29) is 6.10 Å². The van der Waals surface area contributed by atoms with Gasteiger partial charge in [-0.05, 0) is 30.5 Å². The smallest absolute Gasteiger partial charge is 0.234 e. The molecule has 0 spiro atoms. The minimum absolute atomic E-state index is 0.0204. The summed E-state index contributed by atoms with van der Waals surface area (Å²) in [5.41, 5.74) is 8.68. The van der Waals surface area contributed by atoms with Crippen molar-refractivity contribution in [2.75, 3.05) is 18.5 Å². The number of nitrogens with two attached hydrogens (primary N) is 1. The Morgan fingerprint density at radius 1 is 1.47 bits per heavy atom. The number of nitrogens with zero attached hydrogens (tertiary/aromatic N) is 2. The molecule has 30 heavy (non-hydrogen) atoms. The third-order valence-electron chi connectivity index (χ3n) is 4.87. The van der Waals surface area contributed by atoms with Crippen molar-refractivity contribution >= 4 is 39.5 Å². The molecule has 2 atom stereocenters. The van der Waals surface area contributed by atoms with Crippen LogP contribution in [0.2, 0.25) is 5.02 Å². The summed E-state index contributed by atoms with van der Waals surface area (Å²) in [7, 11) is 0. The van der Waals surface area contributed by atoms with Crippen molar-refractivity contribution in [3.63, 3.8) is 0 Å². The molecule has 3 heterocycles. The van der Waals surface area contributed by atoms with Crippen LogP contribution in [0.25, 0.3) is 5.57 Å². The van der Waals surface area contributed by atoms with Crippen molar-refractivity contribution in [3.05, 3.63) is 58.7 Å². The zero-order valence-corrected chi connectivity index (χ0v) is 18.8. The number of pyridine rings is 1. The van der Waals surface area contributed by atoms with E-state index in [0.717, 1.165) is 29.8 Å². The van der Waals surface area contributed by atoms with Crippen molar-refractivity contribution in [3.8, 4) is 5.88 Å². The number of nitrogens with one attached hydrogen (secondary N) is 1. The molecule has 1 fully saturated rings. The second kappa shape index (κ2) is 10.6. The Balaban J connectivity index is 1.72. The Morgan fingerprint density at radius 2 is 2.30 bits per heavy atom. The number of allylic oxidation sites excluding steroid dienone is 5. The monoisotopic (exact) mass is 446 g/mol. The molecule has 1 saturated heterocycles. The molecule has 1 aliphatic heterocycles. The summed E-state index contributed by atoms with van der Waals surface area (Å²) in [6.07, 6.45) is 7.46. The molecular weight excluding hydrogens is 420 g/mol. The van der Waals surface area contributed by atoms with Gasteiger partial charge < -0.3 is 20.5 Å². The van der Waals surface area contributed by atoms with E-state index in [1.807, 2.05) is 17.5 Å². The number of ether oxygens (including phenoxy) is 2. The topological polar surface area (TPSA) is 82.3 Å². The molecule has 0 aliphatic carbocycles. The van der Waals surface area contributed by atoms with Crippen molar-refractivity contribution in [2.24, 2.45) is 11.7 Å². The Kier molecular flexibility index (Phi) is 7.90. The Morgan fingerprint density at radius 3 is 3.00 bits per heavy atom. The number of halogens is 1. The molecular formula is C22H27ClN4O2S. The largest absolute Gasteiger partial charge is 0.471 e. The van der Waals surface area contributed by atoms with Gasteiger partial charge in [-0.25, -0.2) is 4.98 Å². The molecule has 8 heteroatoms. The predicted molar refractivity (Wildman–Crippen MR) is 124 cm³/mol. The molecule has 160 valence electrons. The first-order chi connectivity index (χ1) is 14.5. The maximum absolute atomic E-state index is 6.23. The summed E-state index contributed by atoms with van der Waals surface area (Å²) < 4.78 is 11.2. The van der Waals surface area contributed by atoms with Gasteiger partial charge in [0.2, 0.25) is 5.88 Å². The summed E-state index contributed by atoms with van der Waals surface area (Å²) in [4.78, 5) is 9.12. The average molecular weight is 447 g/mol. The van der Waals surface area contributed by atoms with E-state index in [4.69, 9.17) is 26.8 Å². The van der Waals surface area contributed by atoms with Crippen LogP contribution in [0.1, 0.15) is 32.4 Å². The Labute approximate surface area is 186 Å². The van der Waals surface area contributed by atoms with Crippen molar-refractivity contribution < 1.29 is 9.47 Å². The van der Waals surface area contributed by atoms with Crippen LogP contribution in [0.3, 0.4) is 0 Å². The second-order valence-electron chi connectivity index (χ2n) is 7.05. The first-order valence-electron chi connectivity index (χ1n) is 9.93. The van der Waals surface area contributed by atoms with Gasteiger partial charge in [-0.2, -0.15) is 4.98 Å². The molecule has 3 N–H and O–H groups in total. The highest BCUT2D eigenvalue weighted by Gasteiger charge is 2.19. The van der Waals surface area contributed by atoms with Gasteiger partial charge in [0, 0.05) is 23.1 Å². The van der Waals surface area contributed by atoms with Crippen molar-refractivity contribution in [1.82, 2.24) is 9.97 Å². The van der Waals surface area contributed by atoms with Gasteiger partial charge in [0.15, 0.2) is 5.13 Å². The SMILES string of the molecule is C=C/C(=C\C=C(\N)C(C)CC)c1csc(Nc2ccc(Cl)c(OC3CCOC3)n2)n1. The van der Waals surface area contributed by atoms with Gasteiger partial charge in [-0.15, -0.1) is 11.3 Å². The van der Waals surface area contributed by atoms with Gasteiger partial charge in [0.25, 0.3) is 0 Å². The fourth-order valence-electron chi connectivity index (χ4n) is 2.76. The van der Waals surface area contributed by atoms with E-state index >= 15 is 0 Å². The van der Waals surface area contributed by atoms with E-state index in [0.29, 0.717) is 41.0 Å². The number of thiazole rings is 1. The molecule has 0 bridgehead atoms. The summed E-state index contributed by atoms with van der Waals surface area (Å²) in [6.45, 7) is 9.37. The van der Waals surface area contributed by atoms with Crippen LogP contribution in [0.5, 0.6) is 5.88 Å². The van der Waals surface area contributed by atoms with Gasteiger partial charge in [-0.1, -0.05) is 44.2 Å². The molecule has 2 aromatic rings. The van der Waals surface area contributed by atoms with Crippen LogP contribution < -0.4 is 15.8 Å². The van der Waals surface area contributed by atoms with Gasteiger partial charge in [0.05, 0.1) is 18.9 Å². The first-order valence-corrected chi connectivity index (χ1v) is 11.2. The highest BCUT2D eigenvalue weighted by atomic mass is 35.5. The zero-order chi connectivity index (χ0) is 21.5. The summed E-state index contributed by atoms with van der Waals surface area (Å²) >= 11 is 7.71. The lowest BCUT2D eigenvalue weighted by Gasteiger charge is -2.13. The fourth-order valence-corrected chi connectivity index (χ4v) is 3.63. The Bertz CT molecular complexity index is 935. The van der Waals surface area contributed by atoms with E-state index < -0.39 is 0 Å². The van der Waals surface area contributed by atoms with Gasteiger partial charge in [0.1, 0.15) is 16.9 Å².